The molecule has 0 saturated carbocycles. The van der Waals surface area contributed by atoms with Gasteiger partial charge < -0.3 is 0 Å². The molecule has 3 heteroatoms. The molecule has 72 valence electrons. The van der Waals surface area contributed by atoms with E-state index in [1.54, 1.807) is 8.94 Å². The van der Waals surface area contributed by atoms with Gasteiger partial charge in [-0.15, -0.1) is 0 Å². The molecule has 1 heterocycles. The summed E-state index contributed by atoms with van der Waals surface area (Å²) in [5.74, 6) is 5.66. The maximum absolute atomic E-state index is 2.58. The van der Waals surface area contributed by atoms with E-state index in [0.717, 1.165) is 0 Å². The molecule has 0 aromatic heterocycles. The van der Waals surface area contributed by atoms with E-state index in [0.29, 0.717) is 0 Å². The van der Waals surface area contributed by atoms with Crippen LogP contribution in [0.25, 0.3) is 0 Å². The molecule has 0 aliphatic carbocycles. The Kier molecular flexibility index (Phi) is 7.57. The van der Waals surface area contributed by atoms with Gasteiger partial charge >= 0.3 is 92.8 Å². The Labute approximate surface area is 92.3 Å². The van der Waals surface area contributed by atoms with E-state index >= 15 is 0 Å². The summed E-state index contributed by atoms with van der Waals surface area (Å²) in [6, 6.07) is 0. The maximum atomic E-state index is 2.58. The molecule has 0 bridgehead atoms. The van der Waals surface area contributed by atoms with Gasteiger partial charge in [-0.2, -0.15) is 0 Å². The standard InChI is InChI=1S/C9H19S2Te/c1-12-8-2-4-10-6-7-11-5-3-9-12/h2-9H2,1H3/q+1. The monoisotopic (exact) mass is 321 g/mol. The summed E-state index contributed by atoms with van der Waals surface area (Å²) in [6.07, 6.45) is 3.03. The van der Waals surface area contributed by atoms with Gasteiger partial charge in [0.05, 0.1) is 0 Å². The molecule has 1 aliphatic heterocycles. The first-order chi connectivity index (χ1) is 5.89. The van der Waals surface area contributed by atoms with Crippen LogP contribution in [0.4, 0.5) is 0 Å². The van der Waals surface area contributed by atoms with E-state index in [4.69, 9.17) is 0 Å². The van der Waals surface area contributed by atoms with Crippen LogP contribution in [-0.2, 0) is 0 Å². The summed E-state index contributed by atoms with van der Waals surface area (Å²) < 4.78 is 3.25. The van der Waals surface area contributed by atoms with Crippen LogP contribution in [0.2, 0.25) is 13.9 Å². The van der Waals surface area contributed by atoms with Crippen LogP contribution in [0.5, 0.6) is 0 Å². The molecule has 1 aliphatic rings. The van der Waals surface area contributed by atoms with Gasteiger partial charge in [-0.25, -0.2) is 0 Å². The van der Waals surface area contributed by atoms with Crippen LogP contribution in [0.3, 0.4) is 0 Å². The molecule has 12 heavy (non-hydrogen) atoms. The fourth-order valence-electron chi connectivity index (χ4n) is 1.24. The summed E-state index contributed by atoms with van der Waals surface area (Å²) in [7, 11) is 0. The Hall–Kier alpha value is 1.49. The quantitative estimate of drug-likeness (QED) is 0.628. The summed E-state index contributed by atoms with van der Waals surface area (Å²) >= 11 is 3.80. The van der Waals surface area contributed by atoms with Crippen molar-refractivity contribution in [2.24, 2.45) is 0 Å². The third-order valence-electron chi connectivity index (χ3n) is 1.93. The van der Waals surface area contributed by atoms with Crippen molar-refractivity contribution in [3.05, 3.63) is 0 Å². The van der Waals surface area contributed by atoms with Crippen LogP contribution in [-0.4, -0.2) is 42.6 Å². The molecule has 0 amide bonds. The Morgan fingerprint density at radius 1 is 0.833 bits per heavy atom. The fraction of sp³-hybridized carbons (Fsp3) is 1.00. The van der Waals surface area contributed by atoms with E-state index in [9.17, 15) is 0 Å². The van der Waals surface area contributed by atoms with E-state index in [1.165, 1.54) is 35.9 Å². The molecule has 0 spiro atoms. The van der Waals surface area contributed by atoms with Crippen LogP contribution in [0.1, 0.15) is 12.8 Å². The first-order valence-corrected chi connectivity index (χ1v) is 12.6. The number of thioether (sulfide) groups is 2. The SMILES string of the molecule is C[Te+]1CCCSCCSCCC1. The third kappa shape index (κ3) is 6.02. The third-order valence-corrected chi connectivity index (χ3v) is 9.96. The van der Waals surface area contributed by atoms with Crippen molar-refractivity contribution in [3.8, 4) is 0 Å². The second kappa shape index (κ2) is 7.85. The Bertz CT molecular complexity index is 96.7. The molecule has 0 radical (unpaired) electrons. The summed E-state index contributed by atoms with van der Waals surface area (Å²) in [5.41, 5.74) is 0. The van der Waals surface area contributed by atoms with Crippen molar-refractivity contribution in [1.29, 1.82) is 0 Å². The molecule has 0 atom stereocenters. The van der Waals surface area contributed by atoms with Crippen molar-refractivity contribution >= 4 is 43.1 Å². The van der Waals surface area contributed by atoms with Gasteiger partial charge in [0.25, 0.3) is 0 Å². The Morgan fingerprint density at radius 2 is 1.33 bits per heavy atom. The van der Waals surface area contributed by atoms with Gasteiger partial charge in [0.15, 0.2) is 0 Å². The van der Waals surface area contributed by atoms with Crippen molar-refractivity contribution < 1.29 is 0 Å². The first kappa shape index (κ1) is 11.6. The van der Waals surface area contributed by atoms with Crippen molar-refractivity contribution in [3.63, 3.8) is 0 Å². The topological polar surface area (TPSA) is 0 Å². The normalized spacial score (nSPS) is 24.8. The predicted octanol–water partition coefficient (Wildman–Crippen LogP) is 3.37. The Morgan fingerprint density at radius 3 is 1.83 bits per heavy atom. The molecule has 0 aromatic carbocycles. The second-order valence-electron chi connectivity index (χ2n) is 3.12. The van der Waals surface area contributed by atoms with Crippen LogP contribution < -0.4 is 0 Å². The molecular weight excluding hydrogens is 300 g/mol. The van der Waals surface area contributed by atoms with E-state index in [2.05, 4.69) is 28.5 Å². The molecule has 0 unspecified atom stereocenters. The van der Waals surface area contributed by atoms with Crippen molar-refractivity contribution in [1.82, 2.24) is 0 Å². The molecule has 0 N–H and O–H groups in total. The zero-order chi connectivity index (χ0) is 8.65. The van der Waals surface area contributed by atoms with Gasteiger partial charge in [-0.3, -0.25) is 0 Å². The summed E-state index contributed by atoms with van der Waals surface area (Å²) in [5, 5.41) is 0. The van der Waals surface area contributed by atoms with Gasteiger partial charge in [0.2, 0.25) is 0 Å². The van der Waals surface area contributed by atoms with E-state index in [1.807, 2.05) is 0 Å². The van der Waals surface area contributed by atoms with Gasteiger partial charge in [-0.1, -0.05) is 0 Å². The second-order valence-corrected chi connectivity index (χ2v) is 12.4. The molecular formula is C9H19S2Te+. The number of hydrogen-bond acceptors (Lipinski definition) is 2. The molecule has 1 rings (SSSR count). The molecule has 0 aromatic rings. The average Bonchev–Trinajstić information content (AvgIpc) is 2.11. The zero-order valence-corrected chi connectivity index (χ0v) is 11.8. The summed E-state index contributed by atoms with van der Waals surface area (Å²) in [6.45, 7) is 0. The van der Waals surface area contributed by atoms with E-state index in [-0.39, 0.29) is 0 Å². The predicted molar refractivity (Wildman–Crippen MR) is 65.1 cm³/mol. The summed E-state index contributed by atoms with van der Waals surface area (Å²) in [4.78, 5) is 2.58. The van der Waals surface area contributed by atoms with E-state index < -0.39 is 19.6 Å². The minimum absolute atomic E-state index is 0.542. The van der Waals surface area contributed by atoms with Gasteiger partial charge in [0.1, 0.15) is 0 Å². The van der Waals surface area contributed by atoms with Crippen LogP contribution >= 0.6 is 23.5 Å². The molecule has 1 saturated heterocycles. The number of rotatable bonds is 0. The Balaban J connectivity index is 2.13. The number of hydrogen-bond donors (Lipinski definition) is 0. The fourth-order valence-corrected chi connectivity index (χ4v) is 8.65. The zero-order valence-electron chi connectivity index (χ0n) is 7.88. The first-order valence-electron chi connectivity index (χ1n) is 4.64. The van der Waals surface area contributed by atoms with Crippen molar-refractivity contribution in [2.45, 2.75) is 26.8 Å². The van der Waals surface area contributed by atoms with Crippen LogP contribution in [0.15, 0.2) is 0 Å². The minimum atomic E-state index is -0.542. The van der Waals surface area contributed by atoms with Crippen molar-refractivity contribution in [2.75, 3.05) is 23.0 Å². The molecule has 1 fully saturated rings. The average molecular weight is 319 g/mol. The van der Waals surface area contributed by atoms with Gasteiger partial charge in [-0.05, 0) is 0 Å². The van der Waals surface area contributed by atoms with Gasteiger partial charge in [0, 0.05) is 0 Å². The molecule has 0 nitrogen and oxygen atoms in total. The van der Waals surface area contributed by atoms with Crippen LogP contribution in [0, 0.1) is 0 Å².